The summed E-state index contributed by atoms with van der Waals surface area (Å²) < 4.78 is 0. The van der Waals surface area contributed by atoms with E-state index < -0.39 is 0 Å². The van der Waals surface area contributed by atoms with Gasteiger partial charge in [0.1, 0.15) is 18.7 Å². The molecule has 148 valence electrons. The second kappa shape index (κ2) is 10.6. The van der Waals surface area contributed by atoms with E-state index in [1.54, 1.807) is 36.7 Å². The smallest absolute Gasteiger partial charge is 0.243 e. The highest BCUT2D eigenvalue weighted by Gasteiger charge is 2.24. The van der Waals surface area contributed by atoms with Crippen molar-refractivity contribution in [2.75, 3.05) is 33.7 Å². The number of nitrogens with one attached hydrogen (secondary N) is 2. The van der Waals surface area contributed by atoms with Crippen LogP contribution in [-0.2, 0) is 11.3 Å². The van der Waals surface area contributed by atoms with Gasteiger partial charge in [0.15, 0.2) is 5.96 Å². The van der Waals surface area contributed by atoms with E-state index in [0.29, 0.717) is 12.5 Å². The van der Waals surface area contributed by atoms with Gasteiger partial charge in [0.05, 0.1) is 6.54 Å². The lowest BCUT2D eigenvalue weighted by Crippen LogP contribution is -2.45. The molecule has 8 nitrogen and oxygen atoms in total. The number of aromatic nitrogens is 3. The van der Waals surface area contributed by atoms with Gasteiger partial charge in [-0.2, -0.15) is 5.10 Å². The maximum absolute atomic E-state index is 11.9. The fraction of sp³-hybridized carbons (Fsp3) is 0.529. The van der Waals surface area contributed by atoms with Gasteiger partial charge >= 0.3 is 0 Å². The molecule has 2 aromatic heterocycles. The van der Waals surface area contributed by atoms with Crippen molar-refractivity contribution < 1.29 is 4.79 Å². The number of H-pyrrole nitrogens is 1. The number of likely N-dealkylation sites (tertiary alicyclic amines) is 1. The fourth-order valence-electron chi connectivity index (χ4n) is 2.91. The Labute approximate surface area is 180 Å². The molecule has 0 radical (unpaired) electrons. The minimum atomic E-state index is -0.00281. The van der Waals surface area contributed by atoms with E-state index in [1.165, 1.54) is 4.88 Å². The first-order chi connectivity index (χ1) is 12.6. The third-order valence-electron chi connectivity index (χ3n) is 4.48. The largest absolute Gasteiger partial charge is 0.351 e. The predicted molar refractivity (Wildman–Crippen MR) is 118 cm³/mol. The van der Waals surface area contributed by atoms with Gasteiger partial charge in [-0.05, 0) is 24.3 Å². The monoisotopic (exact) mass is 503 g/mol. The molecule has 0 atom stereocenters. The first-order valence-corrected chi connectivity index (χ1v) is 9.62. The Bertz CT molecular complexity index is 710. The molecule has 1 saturated heterocycles. The molecule has 1 aliphatic heterocycles. The minimum absolute atomic E-state index is 0. The molecule has 3 heterocycles. The number of likely N-dealkylation sites (N-methyl/N-ethyl adjacent to an activating group) is 1. The van der Waals surface area contributed by atoms with E-state index in [9.17, 15) is 4.79 Å². The van der Waals surface area contributed by atoms with Gasteiger partial charge in [0.2, 0.25) is 5.91 Å². The quantitative estimate of drug-likeness (QED) is 0.370. The van der Waals surface area contributed by atoms with Crippen molar-refractivity contribution in [2.45, 2.75) is 25.3 Å². The van der Waals surface area contributed by atoms with Crippen LogP contribution in [0.3, 0.4) is 0 Å². The Morgan fingerprint density at radius 3 is 2.81 bits per heavy atom. The van der Waals surface area contributed by atoms with Crippen LogP contribution in [0.4, 0.5) is 0 Å². The number of guanidine groups is 1. The molecule has 0 spiro atoms. The number of aromatic amines is 1. The molecule has 3 rings (SSSR count). The van der Waals surface area contributed by atoms with Gasteiger partial charge in [-0.15, -0.1) is 35.3 Å². The molecule has 0 saturated carbocycles. The number of nitrogens with zero attached hydrogens (tertiary/aromatic N) is 5. The minimum Gasteiger partial charge on any atom is -0.351 e. The summed E-state index contributed by atoms with van der Waals surface area (Å²) >= 11 is 1.71. The summed E-state index contributed by atoms with van der Waals surface area (Å²) in [6.07, 6.45) is 3.52. The number of rotatable bonds is 5. The standard InChI is InChI=1S/C17H25N7OS.HI/c1-23(2)15(25)11-19-17(18-10-14-4-3-9-26-14)24-7-5-13(6-8-24)16-20-12-21-22-16;/h3-4,9,12-13H,5-8,10-11H2,1-2H3,(H,18,19)(H,20,21,22);1H. The molecule has 1 amide bonds. The second-order valence-corrected chi connectivity index (χ2v) is 7.53. The van der Waals surface area contributed by atoms with Crippen LogP contribution in [0, 0.1) is 0 Å². The van der Waals surface area contributed by atoms with Crippen LogP contribution in [0.2, 0.25) is 0 Å². The summed E-state index contributed by atoms with van der Waals surface area (Å²) in [6.45, 7) is 2.62. The van der Waals surface area contributed by atoms with Gasteiger partial charge in [-0.1, -0.05) is 6.07 Å². The Hall–Kier alpha value is -1.69. The number of amides is 1. The first kappa shape index (κ1) is 21.6. The predicted octanol–water partition coefficient (Wildman–Crippen LogP) is 1.90. The van der Waals surface area contributed by atoms with Crippen LogP contribution in [-0.4, -0.2) is 70.6 Å². The van der Waals surface area contributed by atoms with E-state index in [0.717, 1.165) is 37.7 Å². The van der Waals surface area contributed by atoms with Crippen LogP contribution in [0.5, 0.6) is 0 Å². The second-order valence-electron chi connectivity index (χ2n) is 6.49. The average Bonchev–Trinajstić information content (AvgIpc) is 3.35. The SMILES string of the molecule is CN(C)C(=O)CN=C(NCc1cccs1)N1CCC(c2ncn[nH]2)CC1.I. The number of thiophene rings is 1. The van der Waals surface area contributed by atoms with Crippen molar-refractivity contribution >= 4 is 47.2 Å². The molecular weight excluding hydrogens is 477 g/mol. The van der Waals surface area contributed by atoms with E-state index in [2.05, 4.69) is 41.8 Å². The summed E-state index contributed by atoms with van der Waals surface area (Å²) in [4.78, 5) is 25.8. The molecule has 27 heavy (non-hydrogen) atoms. The summed E-state index contributed by atoms with van der Waals surface area (Å²) in [7, 11) is 3.50. The van der Waals surface area contributed by atoms with Crippen molar-refractivity contribution in [2.24, 2.45) is 4.99 Å². The van der Waals surface area contributed by atoms with Gasteiger partial charge in [-0.3, -0.25) is 9.89 Å². The molecule has 0 unspecified atom stereocenters. The zero-order valence-corrected chi connectivity index (χ0v) is 18.7. The molecule has 2 N–H and O–H groups in total. The maximum atomic E-state index is 11.9. The Kier molecular flexibility index (Phi) is 8.48. The molecule has 0 aliphatic carbocycles. The molecule has 0 bridgehead atoms. The molecule has 0 aromatic carbocycles. The van der Waals surface area contributed by atoms with Crippen molar-refractivity contribution in [3.05, 3.63) is 34.5 Å². The van der Waals surface area contributed by atoms with Crippen molar-refractivity contribution in [1.82, 2.24) is 30.3 Å². The number of aliphatic imine (C=N–C) groups is 1. The van der Waals surface area contributed by atoms with Crippen LogP contribution >= 0.6 is 35.3 Å². The first-order valence-electron chi connectivity index (χ1n) is 8.74. The Morgan fingerprint density at radius 2 is 2.22 bits per heavy atom. The third kappa shape index (κ3) is 6.16. The van der Waals surface area contributed by atoms with Crippen molar-refractivity contribution in [1.29, 1.82) is 0 Å². The van der Waals surface area contributed by atoms with E-state index >= 15 is 0 Å². The number of hydrogen-bond acceptors (Lipinski definition) is 5. The normalized spacial score (nSPS) is 15.3. The third-order valence-corrected chi connectivity index (χ3v) is 5.35. The van der Waals surface area contributed by atoms with Crippen molar-refractivity contribution in [3.8, 4) is 0 Å². The number of piperidine rings is 1. The fourth-order valence-corrected chi connectivity index (χ4v) is 3.55. The lowest BCUT2D eigenvalue weighted by atomic mass is 9.96. The zero-order chi connectivity index (χ0) is 18.4. The highest BCUT2D eigenvalue weighted by atomic mass is 127. The van der Waals surface area contributed by atoms with Gasteiger partial charge < -0.3 is 15.1 Å². The van der Waals surface area contributed by atoms with Gasteiger partial charge in [0.25, 0.3) is 0 Å². The zero-order valence-electron chi connectivity index (χ0n) is 15.6. The number of halogens is 1. The topological polar surface area (TPSA) is 89.5 Å². The number of hydrogen-bond donors (Lipinski definition) is 2. The summed E-state index contributed by atoms with van der Waals surface area (Å²) in [5.74, 6) is 2.15. The summed E-state index contributed by atoms with van der Waals surface area (Å²) in [5.41, 5.74) is 0. The molecule has 2 aromatic rings. The van der Waals surface area contributed by atoms with E-state index in [1.807, 2.05) is 6.07 Å². The van der Waals surface area contributed by atoms with Crippen LogP contribution in [0.25, 0.3) is 0 Å². The average molecular weight is 503 g/mol. The molecule has 1 fully saturated rings. The molecule has 1 aliphatic rings. The van der Waals surface area contributed by atoms with E-state index in [4.69, 9.17) is 0 Å². The van der Waals surface area contributed by atoms with Gasteiger partial charge in [-0.25, -0.2) is 9.98 Å². The highest BCUT2D eigenvalue weighted by Crippen LogP contribution is 2.25. The summed E-state index contributed by atoms with van der Waals surface area (Å²) in [6, 6.07) is 4.13. The van der Waals surface area contributed by atoms with Crippen molar-refractivity contribution in [3.63, 3.8) is 0 Å². The van der Waals surface area contributed by atoms with Crippen LogP contribution in [0.15, 0.2) is 28.8 Å². The van der Waals surface area contributed by atoms with Crippen LogP contribution < -0.4 is 5.32 Å². The van der Waals surface area contributed by atoms with E-state index in [-0.39, 0.29) is 36.4 Å². The summed E-state index contributed by atoms with van der Waals surface area (Å²) in [5, 5.41) is 12.4. The Balaban J connectivity index is 0.00000261. The lowest BCUT2D eigenvalue weighted by Gasteiger charge is -2.33. The highest BCUT2D eigenvalue weighted by molar-refractivity contribution is 14.0. The maximum Gasteiger partial charge on any atom is 0.243 e. The molecular formula is C17H26IN7OS. The lowest BCUT2D eigenvalue weighted by molar-refractivity contribution is -0.127. The number of carbonyl (C=O) groups is 1. The van der Waals surface area contributed by atoms with Crippen LogP contribution in [0.1, 0.15) is 29.5 Å². The Morgan fingerprint density at radius 1 is 1.44 bits per heavy atom. The molecule has 10 heteroatoms. The van der Waals surface area contributed by atoms with Gasteiger partial charge in [0, 0.05) is 38.0 Å². The number of carbonyl (C=O) groups excluding carboxylic acids is 1.